The number of fused-ring (bicyclic) bond motifs is 1. The predicted octanol–water partition coefficient (Wildman–Crippen LogP) is 7.29. The lowest BCUT2D eigenvalue weighted by atomic mass is 10.2. The van der Waals surface area contributed by atoms with E-state index in [-0.39, 0.29) is 5.76 Å². The molecule has 0 fully saturated rings. The molecular formula is C20H10Br2Cl2N2O3. The number of hydrogen-bond donors (Lipinski definition) is 1. The van der Waals surface area contributed by atoms with Gasteiger partial charge < -0.3 is 8.83 Å². The minimum absolute atomic E-state index is 0.145. The van der Waals surface area contributed by atoms with Crippen molar-refractivity contribution in [2.75, 3.05) is 0 Å². The van der Waals surface area contributed by atoms with Crippen LogP contribution in [0.1, 0.15) is 16.3 Å². The predicted molar refractivity (Wildman–Crippen MR) is 121 cm³/mol. The molecule has 9 heteroatoms. The van der Waals surface area contributed by atoms with Crippen LogP contribution in [-0.4, -0.2) is 12.1 Å². The van der Waals surface area contributed by atoms with Gasteiger partial charge in [-0.3, -0.25) is 4.79 Å². The maximum atomic E-state index is 12.3. The number of nitrogens with one attached hydrogen (secondary N) is 1. The highest BCUT2D eigenvalue weighted by Crippen LogP contribution is 2.31. The molecule has 4 aromatic rings. The van der Waals surface area contributed by atoms with Gasteiger partial charge in [0.05, 0.1) is 20.7 Å². The van der Waals surface area contributed by atoms with Crippen LogP contribution in [0, 0.1) is 0 Å². The number of halogens is 4. The minimum Gasteiger partial charge on any atom is -0.455 e. The van der Waals surface area contributed by atoms with Crippen LogP contribution < -0.4 is 5.43 Å². The SMILES string of the molecule is O=C(N/N=C/c1ccc(-c2ccc(Cl)c(Cl)c2)o1)c1cc2cc(Br)cc(Br)c2o1. The van der Waals surface area contributed by atoms with Crippen LogP contribution >= 0.6 is 55.1 Å². The molecular weight excluding hydrogens is 547 g/mol. The first kappa shape index (κ1) is 20.2. The molecule has 0 bridgehead atoms. The number of nitrogens with zero attached hydrogens (tertiary/aromatic N) is 1. The zero-order valence-electron chi connectivity index (χ0n) is 14.4. The van der Waals surface area contributed by atoms with Crippen molar-refractivity contribution in [1.29, 1.82) is 0 Å². The summed E-state index contributed by atoms with van der Waals surface area (Å²) in [6.07, 6.45) is 1.40. The van der Waals surface area contributed by atoms with Crippen molar-refractivity contribution in [2.24, 2.45) is 5.10 Å². The van der Waals surface area contributed by atoms with Crippen LogP contribution in [-0.2, 0) is 0 Å². The normalized spacial score (nSPS) is 11.4. The van der Waals surface area contributed by atoms with Gasteiger partial charge in [-0.1, -0.05) is 39.1 Å². The van der Waals surface area contributed by atoms with Crippen LogP contribution in [0.2, 0.25) is 10.0 Å². The Morgan fingerprint density at radius 3 is 2.62 bits per heavy atom. The van der Waals surface area contributed by atoms with Gasteiger partial charge in [0.2, 0.25) is 0 Å². The Morgan fingerprint density at radius 2 is 1.83 bits per heavy atom. The van der Waals surface area contributed by atoms with Gasteiger partial charge in [0.15, 0.2) is 5.76 Å². The summed E-state index contributed by atoms with van der Waals surface area (Å²) < 4.78 is 12.9. The molecule has 0 aliphatic carbocycles. The second-order valence-corrected chi connectivity index (χ2v) is 8.53. The van der Waals surface area contributed by atoms with E-state index in [4.69, 9.17) is 32.0 Å². The largest absolute Gasteiger partial charge is 0.455 e. The summed E-state index contributed by atoms with van der Waals surface area (Å²) in [6.45, 7) is 0. The van der Waals surface area contributed by atoms with E-state index in [0.717, 1.165) is 19.9 Å². The fourth-order valence-electron chi connectivity index (χ4n) is 2.62. The van der Waals surface area contributed by atoms with Crippen molar-refractivity contribution >= 4 is 78.2 Å². The second-order valence-electron chi connectivity index (χ2n) is 5.95. The Hall–Kier alpha value is -2.06. The van der Waals surface area contributed by atoms with Gasteiger partial charge in [0.25, 0.3) is 0 Å². The third-order valence-corrected chi connectivity index (χ3v) is 5.73. The van der Waals surface area contributed by atoms with Gasteiger partial charge in [0, 0.05) is 15.4 Å². The molecule has 0 saturated carbocycles. The number of hydrazone groups is 1. The first-order chi connectivity index (χ1) is 13.9. The number of carbonyl (C=O) groups excluding carboxylic acids is 1. The zero-order chi connectivity index (χ0) is 20.5. The van der Waals surface area contributed by atoms with Crippen LogP contribution in [0.3, 0.4) is 0 Å². The van der Waals surface area contributed by atoms with Crippen LogP contribution in [0.15, 0.2) is 71.4 Å². The highest BCUT2D eigenvalue weighted by molar-refractivity contribution is 9.11. The number of carbonyl (C=O) groups is 1. The van der Waals surface area contributed by atoms with Gasteiger partial charge in [-0.05, 0) is 64.5 Å². The summed E-state index contributed by atoms with van der Waals surface area (Å²) in [7, 11) is 0. The first-order valence-corrected chi connectivity index (χ1v) is 10.5. The number of furan rings is 2. The zero-order valence-corrected chi connectivity index (χ0v) is 19.1. The first-order valence-electron chi connectivity index (χ1n) is 8.18. The molecule has 146 valence electrons. The maximum absolute atomic E-state index is 12.3. The summed E-state index contributed by atoms with van der Waals surface area (Å²) in [4.78, 5) is 12.3. The Morgan fingerprint density at radius 1 is 1.00 bits per heavy atom. The van der Waals surface area contributed by atoms with Crippen molar-refractivity contribution in [1.82, 2.24) is 5.43 Å². The molecule has 0 aliphatic rings. The van der Waals surface area contributed by atoms with Crippen LogP contribution in [0.25, 0.3) is 22.3 Å². The number of amides is 1. The molecule has 0 spiro atoms. The molecule has 1 N–H and O–H groups in total. The molecule has 1 amide bonds. The molecule has 2 aromatic heterocycles. The molecule has 0 unspecified atom stereocenters. The van der Waals surface area contributed by atoms with E-state index >= 15 is 0 Å². The van der Waals surface area contributed by atoms with E-state index in [1.54, 1.807) is 36.4 Å². The lowest BCUT2D eigenvalue weighted by molar-refractivity contribution is 0.0929. The van der Waals surface area contributed by atoms with E-state index in [1.165, 1.54) is 6.21 Å². The Kier molecular flexibility index (Phi) is 5.83. The molecule has 2 aromatic carbocycles. The number of rotatable bonds is 4. The topological polar surface area (TPSA) is 67.7 Å². The van der Waals surface area contributed by atoms with E-state index in [0.29, 0.717) is 27.1 Å². The van der Waals surface area contributed by atoms with Gasteiger partial charge in [0.1, 0.15) is 17.1 Å². The molecule has 0 saturated heterocycles. The second kappa shape index (κ2) is 8.36. The van der Waals surface area contributed by atoms with Crippen LogP contribution in [0.5, 0.6) is 0 Å². The fourth-order valence-corrected chi connectivity index (χ4v) is 4.26. The Balaban J connectivity index is 1.46. The molecule has 5 nitrogen and oxygen atoms in total. The van der Waals surface area contributed by atoms with Crippen molar-refractivity contribution < 1.29 is 13.6 Å². The number of benzene rings is 2. The summed E-state index contributed by atoms with van der Waals surface area (Å²) in [5.41, 5.74) is 3.78. The summed E-state index contributed by atoms with van der Waals surface area (Å²) >= 11 is 18.8. The smallest absolute Gasteiger partial charge is 0.307 e. The summed E-state index contributed by atoms with van der Waals surface area (Å²) in [5.74, 6) is 0.732. The maximum Gasteiger partial charge on any atom is 0.307 e. The molecule has 0 radical (unpaired) electrons. The minimum atomic E-state index is -0.475. The molecule has 0 aliphatic heterocycles. The monoisotopic (exact) mass is 554 g/mol. The highest BCUT2D eigenvalue weighted by atomic mass is 79.9. The van der Waals surface area contributed by atoms with E-state index in [9.17, 15) is 4.79 Å². The Bertz CT molecular complexity index is 1260. The van der Waals surface area contributed by atoms with Crippen molar-refractivity contribution in [3.63, 3.8) is 0 Å². The van der Waals surface area contributed by atoms with E-state index in [2.05, 4.69) is 42.4 Å². The third kappa shape index (κ3) is 4.43. The molecule has 2 heterocycles. The van der Waals surface area contributed by atoms with Gasteiger partial charge in [-0.2, -0.15) is 5.10 Å². The lowest BCUT2D eigenvalue weighted by Gasteiger charge is -1.99. The molecule has 4 rings (SSSR count). The highest BCUT2D eigenvalue weighted by Gasteiger charge is 2.14. The number of hydrogen-bond acceptors (Lipinski definition) is 4. The third-order valence-electron chi connectivity index (χ3n) is 3.95. The van der Waals surface area contributed by atoms with Gasteiger partial charge in [-0.25, -0.2) is 5.43 Å². The van der Waals surface area contributed by atoms with E-state index in [1.807, 2.05) is 12.1 Å². The Labute approximate surface area is 191 Å². The van der Waals surface area contributed by atoms with Crippen molar-refractivity contribution in [3.8, 4) is 11.3 Å². The summed E-state index contributed by atoms with van der Waals surface area (Å²) in [6, 6.07) is 14.0. The standard InChI is InChI=1S/C20H10Br2Cl2N2O3/c21-12-5-11-7-18(29-19(11)14(22)8-12)20(27)26-25-9-13-2-4-17(28-13)10-1-3-15(23)16(24)6-10/h1-9H,(H,26,27)/b25-9+. The lowest BCUT2D eigenvalue weighted by Crippen LogP contribution is -2.16. The van der Waals surface area contributed by atoms with Gasteiger partial charge >= 0.3 is 5.91 Å². The molecule has 0 atom stereocenters. The average molecular weight is 557 g/mol. The quantitative estimate of drug-likeness (QED) is 0.212. The van der Waals surface area contributed by atoms with Crippen molar-refractivity contribution in [2.45, 2.75) is 0 Å². The van der Waals surface area contributed by atoms with Gasteiger partial charge in [-0.15, -0.1) is 0 Å². The summed E-state index contributed by atoms with van der Waals surface area (Å²) in [5, 5.41) is 5.62. The van der Waals surface area contributed by atoms with Crippen LogP contribution in [0.4, 0.5) is 0 Å². The van der Waals surface area contributed by atoms with E-state index < -0.39 is 5.91 Å². The average Bonchev–Trinajstić information content (AvgIpc) is 3.31. The van der Waals surface area contributed by atoms with Crippen molar-refractivity contribution in [3.05, 3.63) is 79.0 Å². The molecule has 29 heavy (non-hydrogen) atoms. The fraction of sp³-hybridized carbons (Fsp3) is 0.